The number of likely N-dealkylation sites (N-methyl/N-ethyl adjacent to an activating group) is 1. The zero-order chi connectivity index (χ0) is 14.4. The normalized spacial score (nSPS) is 21.1. The number of rotatable bonds is 6. The fourth-order valence-corrected chi connectivity index (χ4v) is 3.09. The monoisotopic (exact) mass is 274 g/mol. The Morgan fingerprint density at radius 2 is 2.00 bits per heavy atom. The third-order valence-corrected chi connectivity index (χ3v) is 4.58. The van der Waals surface area contributed by atoms with E-state index in [1.165, 1.54) is 49.8 Å². The van der Waals surface area contributed by atoms with Crippen molar-refractivity contribution in [1.82, 2.24) is 10.2 Å². The van der Waals surface area contributed by atoms with Gasteiger partial charge in [0.1, 0.15) is 0 Å². The number of hydrogen-bond donors (Lipinski definition) is 1. The molecule has 0 saturated carbocycles. The van der Waals surface area contributed by atoms with Crippen LogP contribution in [0, 0.1) is 0 Å². The van der Waals surface area contributed by atoms with Gasteiger partial charge in [-0.15, -0.1) is 0 Å². The molecule has 1 aliphatic heterocycles. The number of nitrogens with one attached hydrogen (secondary N) is 1. The summed E-state index contributed by atoms with van der Waals surface area (Å²) < 4.78 is 0. The van der Waals surface area contributed by atoms with Crippen LogP contribution in [0.2, 0.25) is 0 Å². The van der Waals surface area contributed by atoms with Gasteiger partial charge in [-0.3, -0.25) is 4.90 Å². The van der Waals surface area contributed by atoms with Crippen LogP contribution in [0.1, 0.15) is 56.7 Å². The Bertz CT molecular complexity index is 379. The lowest BCUT2D eigenvalue weighted by atomic mass is 10.0. The van der Waals surface area contributed by atoms with Crippen LogP contribution < -0.4 is 5.32 Å². The van der Waals surface area contributed by atoms with Crippen molar-refractivity contribution in [1.29, 1.82) is 0 Å². The number of aryl methyl sites for hydroxylation is 1. The standard InChI is InChI=1S/C18H30N2/c1-4-7-16-9-11-17(12-10-16)15(2)20(3)14-18-8-5-6-13-19-18/h9-12,15,18-19H,4-8,13-14H2,1-3H3. The van der Waals surface area contributed by atoms with E-state index in [0.29, 0.717) is 12.1 Å². The van der Waals surface area contributed by atoms with Crippen LogP contribution in [-0.2, 0) is 6.42 Å². The van der Waals surface area contributed by atoms with Crippen molar-refractivity contribution in [3.63, 3.8) is 0 Å². The van der Waals surface area contributed by atoms with E-state index < -0.39 is 0 Å². The molecule has 1 aliphatic rings. The number of benzene rings is 1. The van der Waals surface area contributed by atoms with E-state index in [0.717, 1.165) is 6.54 Å². The maximum absolute atomic E-state index is 3.64. The molecule has 20 heavy (non-hydrogen) atoms. The van der Waals surface area contributed by atoms with Gasteiger partial charge in [0.2, 0.25) is 0 Å². The van der Waals surface area contributed by atoms with Crippen LogP contribution in [-0.4, -0.2) is 31.1 Å². The van der Waals surface area contributed by atoms with Crippen LogP contribution in [0.15, 0.2) is 24.3 Å². The van der Waals surface area contributed by atoms with Gasteiger partial charge < -0.3 is 5.32 Å². The van der Waals surface area contributed by atoms with Gasteiger partial charge >= 0.3 is 0 Å². The largest absolute Gasteiger partial charge is 0.313 e. The first-order chi connectivity index (χ1) is 9.70. The van der Waals surface area contributed by atoms with E-state index in [4.69, 9.17) is 0 Å². The summed E-state index contributed by atoms with van der Waals surface area (Å²) in [4.78, 5) is 2.48. The molecule has 2 heteroatoms. The van der Waals surface area contributed by atoms with Gasteiger partial charge in [0, 0.05) is 18.6 Å². The summed E-state index contributed by atoms with van der Waals surface area (Å²) in [7, 11) is 2.25. The van der Waals surface area contributed by atoms with Gasteiger partial charge in [0.15, 0.2) is 0 Å². The molecule has 1 saturated heterocycles. The Hall–Kier alpha value is -0.860. The second kappa shape index (κ2) is 7.80. The van der Waals surface area contributed by atoms with Gasteiger partial charge in [0.05, 0.1) is 0 Å². The molecule has 1 aromatic rings. The van der Waals surface area contributed by atoms with Crippen molar-refractivity contribution < 1.29 is 0 Å². The second-order valence-electron chi connectivity index (χ2n) is 6.25. The topological polar surface area (TPSA) is 15.3 Å². The minimum Gasteiger partial charge on any atom is -0.313 e. The summed E-state index contributed by atoms with van der Waals surface area (Å²) in [6, 6.07) is 10.4. The van der Waals surface area contributed by atoms with Gasteiger partial charge in [-0.05, 0) is 50.9 Å². The fourth-order valence-electron chi connectivity index (χ4n) is 3.09. The Kier molecular flexibility index (Phi) is 6.06. The highest BCUT2D eigenvalue weighted by Gasteiger charge is 2.18. The average molecular weight is 274 g/mol. The minimum absolute atomic E-state index is 0.495. The van der Waals surface area contributed by atoms with Gasteiger partial charge in [-0.2, -0.15) is 0 Å². The summed E-state index contributed by atoms with van der Waals surface area (Å²) in [5.74, 6) is 0. The molecular formula is C18H30N2. The smallest absolute Gasteiger partial charge is 0.0317 e. The van der Waals surface area contributed by atoms with Crippen LogP contribution >= 0.6 is 0 Å². The summed E-state index contributed by atoms with van der Waals surface area (Å²) in [6.45, 7) is 6.90. The molecule has 0 aliphatic carbocycles. The molecule has 0 aromatic heterocycles. The molecule has 0 bridgehead atoms. The highest BCUT2D eigenvalue weighted by molar-refractivity contribution is 5.24. The molecule has 1 heterocycles. The molecule has 2 nitrogen and oxygen atoms in total. The van der Waals surface area contributed by atoms with Gasteiger partial charge in [-0.1, -0.05) is 44.0 Å². The maximum atomic E-state index is 3.64. The van der Waals surface area contributed by atoms with Gasteiger partial charge in [-0.25, -0.2) is 0 Å². The lowest BCUT2D eigenvalue weighted by Crippen LogP contribution is -2.43. The lowest BCUT2D eigenvalue weighted by Gasteiger charge is -2.32. The fraction of sp³-hybridized carbons (Fsp3) is 0.667. The van der Waals surface area contributed by atoms with E-state index in [1.807, 2.05) is 0 Å². The molecule has 112 valence electrons. The Labute approximate surface area is 124 Å². The third kappa shape index (κ3) is 4.32. The Balaban J connectivity index is 1.89. The number of hydrogen-bond acceptors (Lipinski definition) is 2. The summed E-state index contributed by atoms with van der Waals surface area (Å²) in [6.07, 6.45) is 6.46. The van der Waals surface area contributed by atoms with E-state index in [1.54, 1.807) is 0 Å². The maximum Gasteiger partial charge on any atom is 0.0317 e. The Morgan fingerprint density at radius 1 is 1.25 bits per heavy atom. The molecule has 0 radical (unpaired) electrons. The molecule has 1 aromatic carbocycles. The van der Waals surface area contributed by atoms with E-state index in [9.17, 15) is 0 Å². The SMILES string of the molecule is CCCc1ccc(C(C)N(C)CC2CCCCN2)cc1. The van der Waals surface area contributed by atoms with E-state index in [2.05, 4.69) is 55.4 Å². The van der Waals surface area contributed by atoms with Crippen molar-refractivity contribution in [3.05, 3.63) is 35.4 Å². The number of nitrogens with zero attached hydrogens (tertiary/aromatic N) is 1. The summed E-state index contributed by atoms with van der Waals surface area (Å²) >= 11 is 0. The van der Waals surface area contributed by atoms with Crippen LogP contribution in [0.4, 0.5) is 0 Å². The van der Waals surface area contributed by atoms with Crippen molar-refractivity contribution >= 4 is 0 Å². The molecule has 0 spiro atoms. The molecular weight excluding hydrogens is 244 g/mol. The zero-order valence-electron chi connectivity index (χ0n) is 13.4. The van der Waals surface area contributed by atoms with E-state index >= 15 is 0 Å². The van der Waals surface area contributed by atoms with Crippen LogP contribution in [0.25, 0.3) is 0 Å². The molecule has 2 unspecified atom stereocenters. The molecule has 1 fully saturated rings. The molecule has 1 N–H and O–H groups in total. The molecule has 0 amide bonds. The third-order valence-electron chi connectivity index (χ3n) is 4.58. The quantitative estimate of drug-likeness (QED) is 0.849. The van der Waals surface area contributed by atoms with Crippen LogP contribution in [0.3, 0.4) is 0 Å². The first-order valence-corrected chi connectivity index (χ1v) is 8.23. The van der Waals surface area contributed by atoms with E-state index in [-0.39, 0.29) is 0 Å². The van der Waals surface area contributed by atoms with Crippen molar-refractivity contribution in [2.45, 2.75) is 58.0 Å². The predicted molar refractivity (Wildman–Crippen MR) is 87.1 cm³/mol. The first-order valence-electron chi connectivity index (χ1n) is 8.23. The Morgan fingerprint density at radius 3 is 2.60 bits per heavy atom. The van der Waals surface area contributed by atoms with Crippen molar-refractivity contribution in [2.24, 2.45) is 0 Å². The van der Waals surface area contributed by atoms with Crippen LogP contribution in [0.5, 0.6) is 0 Å². The number of piperidine rings is 1. The first kappa shape index (κ1) is 15.5. The highest BCUT2D eigenvalue weighted by Crippen LogP contribution is 2.21. The summed E-state index contributed by atoms with van der Waals surface area (Å²) in [5.41, 5.74) is 2.89. The highest BCUT2D eigenvalue weighted by atomic mass is 15.1. The average Bonchev–Trinajstić information content (AvgIpc) is 2.48. The second-order valence-corrected chi connectivity index (χ2v) is 6.25. The minimum atomic E-state index is 0.495. The molecule has 2 atom stereocenters. The van der Waals surface area contributed by atoms with Crippen molar-refractivity contribution in [3.8, 4) is 0 Å². The summed E-state index contributed by atoms with van der Waals surface area (Å²) in [5, 5.41) is 3.64. The zero-order valence-corrected chi connectivity index (χ0v) is 13.4. The van der Waals surface area contributed by atoms with Gasteiger partial charge in [0.25, 0.3) is 0 Å². The lowest BCUT2D eigenvalue weighted by molar-refractivity contribution is 0.214. The predicted octanol–water partition coefficient (Wildman–Crippen LogP) is 3.77. The van der Waals surface area contributed by atoms with Crippen molar-refractivity contribution in [2.75, 3.05) is 20.1 Å². The molecule has 2 rings (SSSR count).